The van der Waals surface area contributed by atoms with E-state index >= 15 is 0 Å². The molecule has 1 saturated carbocycles. The van der Waals surface area contributed by atoms with Crippen LogP contribution in [-0.2, 0) is 9.53 Å². The lowest BCUT2D eigenvalue weighted by Gasteiger charge is -2.24. The molecule has 1 rings (SSSR count). The van der Waals surface area contributed by atoms with Gasteiger partial charge in [0.1, 0.15) is 6.29 Å². The second-order valence-electron chi connectivity index (χ2n) is 3.58. The van der Waals surface area contributed by atoms with Crippen LogP contribution in [-0.4, -0.2) is 19.5 Å². The normalized spacial score (nSPS) is 30.1. The first-order valence-corrected chi connectivity index (χ1v) is 4.89. The van der Waals surface area contributed by atoms with Crippen LogP contribution in [0.15, 0.2) is 0 Å². The second-order valence-corrected chi connectivity index (χ2v) is 3.58. The van der Waals surface area contributed by atoms with Gasteiger partial charge in [-0.25, -0.2) is 0 Å². The average molecular weight is 170 g/mol. The van der Waals surface area contributed by atoms with Crippen LogP contribution < -0.4 is 0 Å². The average Bonchev–Trinajstić information content (AvgIpc) is 2.15. The zero-order valence-electron chi connectivity index (χ0n) is 7.79. The monoisotopic (exact) mass is 170 g/mol. The summed E-state index contributed by atoms with van der Waals surface area (Å²) in [6.45, 7) is 3.73. The van der Waals surface area contributed by atoms with E-state index in [-0.39, 0.29) is 0 Å². The van der Waals surface area contributed by atoms with Gasteiger partial charge in [-0.2, -0.15) is 0 Å². The molecule has 0 aliphatic heterocycles. The molecule has 0 radical (unpaired) electrons. The van der Waals surface area contributed by atoms with Crippen LogP contribution in [0, 0.1) is 11.8 Å². The molecule has 1 aliphatic carbocycles. The van der Waals surface area contributed by atoms with E-state index in [1.54, 1.807) is 0 Å². The van der Waals surface area contributed by atoms with Gasteiger partial charge in [0, 0.05) is 19.1 Å². The highest BCUT2D eigenvalue weighted by Crippen LogP contribution is 2.27. The fourth-order valence-electron chi connectivity index (χ4n) is 1.78. The predicted octanol–water partition coefficient (Wildman–Crippen LogP) is 2.03. The van der Waals surface area contributed by atoms with Crippen LogP contribution >= 0.6 is 0 Å². The highest BCUT2D eigenvalue weighted by Gasteiger charge is 2.20. The molecule has 0 aromatic carbocycles. The van der Waals surface area contributed by atoms with Crippen molar-refractivity contribution >= 4 is 6.29 Å². The molecule has 0 atom stereocenters. The van der Waals surface area contributed by atoms with E-state index in [9.17, 15) is 4.79 Å². The Hall–Kier alpha value is -0.370. The highest BCUT2D eigenvalue weighted by atomic mass is 16.5. The summed E-state index contributed by atoms with van der Waals surface area (Å²) < 4.78 is 5.35. The summed E-state index contributed by atoms with van der Waals surface area (Å²) >= 11 is 0. The Kier molecular flexibility index (Phi) is 4.30. The van der Waals surface area contributed by atoms with E-state index in [0.29, 0.717) is 11.8 Å². The molecule has 2 heteroatoms. The first kappa shape index (κ1) is 9.72. The van der Waals surface area contributed by atoms with Crippen LogP contribution in [0.25, 0.3) is 0 Å². The molecule has 0 aromatic heterocycles. The molecule has 0 aromatic rings. The molecule has 0 saturated heterocycles. The summed E-state index contributed by atoms with van der Waals surface area (Å²) in [5, 5.41) is 0. The summed E-state index contributed by atoms with van der Waals surface area (Å²) in [4.78, 5) is 10.4. The Balaban J connectivity index is 2.12. The molecule has 70 valence electrons. The van der Waals surface area contributed by atoms with Crippen molar-refractivity contribution in [3.8, 4) is 0 Å². The van der Waals surface area contributed by atoms with Crippen molar-refractivity contribution in [1.82, 2.24) is 0 Å². The largest absolute Gasteiger partial charge is 0.381 e. The van der Waals surface area contributed by atoms with E-state index in [1.165, 1.54) is 12.8 Å². The number of hydrogen-bond donors (Lipinski definition) is 0. The summed E-state index contributed by atoms with van der Waals surface area (Å²) in [5.74, 6) is 1.05. The van der Waals surface area contributed by atoms with Crippen LogP contribution in [0.1, 0.15) is 32.6 Å². The van der Waals surface area contributed by atoms with Crippen molar-refractivity contribution in [2.75, 3.05) is 13.2 Å². The van der Waals surface area contributed by atoms with Gasteiger partial charge in [0.2, 0.25) is 0 Å². The van der Waals surface area contributed by atoms with Crippen LogP contribution in [0.4, 0.5) is 0 Å². The maximum absolute atomic E-state index is 10.4. The third-order valence-corrected chi connectivity index (χ3v) is 2.64. The number of aldehydes is 1. The minimum atomic E-state index is 0.336. The van der Waals surface area contributed by atoms with Crippen molar-refractivity contribution in [1.29, 1.82) is 0 Å². The maximum atomic E-state index is 10.4. The Labute approximate surface area is 74.3 Å². The quantitative estimate of drug-likeness (QED) is 0.603. The SMILES string of the molecule is CCOC[C@H]1CC[C@H](C=O)CC1. The third-order valence-electron chi connectivity index (χ3n) is 2.64. The molecular formula is C10H18O2. The smallest absolute Gasteiger partial charge is 0.123 e. The lowest BCUT2D eigenvalue weighted by molar-refractivity contribution is -0.112. The lowest BCUT2D eigenvalue weighted by atomic mass is 9.83. The molecule has 0 amide bonds. The first-order chi connectivity index (χ1) is 5.86. The zero-order valence-corrected chi connectivity index (χ0v) is 7.79. The van der Waals surface area contributed by atoms with E-state index in [0.717, 1.165) is 32.3 Å². The van der Waals surface area contributed by atoms with Crippen LogP contribution in [0.3, 0.4) is 0 Å². The minimum absolute atomic E-state index is 0.336. The van der Waals surface area contributed by atoms with Crippen molar-refractivity contribution in [3.63, 3.8) is 0 Å². The minimum Gasteiger partial charge on any atom is -0.381 e. The summed E-state index contributed by atoms with van der Waals surface area (Å²) in [6.07, 6.45) is 5.59. The van der Waals surface area contributed by atoms with Gasteiger partial charge in [0.15, 0.2) is 0 Å². The standard InChI is InChI=1S/C10H18O2/c1-2-12-8-10-5-3-9(7-11)4-6-10/h7,9-10H,2-6,8H2,1H3/t9-,10-. The third kappa shape index (κ3) is 2.94. The Morgan fingerprint density at radius 2 is 2.00 bits per heavy atom. The number of rotatable bonds is 4. The molecule has 0 spiro atoms. The molecule has 0 bridgehead atoms. The van der Waals surface area contributed by atoms with Gasteiger partial charge < -0.3 is 9.53 Å². The molecule has 0 unspecified atom stereocenters. The van der Waals surface area contributed by atoms with Gasteiger partial charge in [-0.15, -0.1) is 0 Å². The van der Waals surface area contributed by atoms with Gasteiger partial charge in [-0.05, 0) is 38.5 Å². The van der Waals surface area contributed by atoms with Crippen molar-refractivity contribution < 1.29 is 9.53 Å². The Bertz CT molecular complexity index is 126. The molecule has 0 N–H and O–H groups in total. The number of hydrogen-bond acceptors (Lipinski definition) is 2. The van der Waals surface area contributed by atoms with E-state index in [2.05, 4.69) is 0 Å². The number of carbonyl (C=O) groups is 1. The number of carbonyl (C=O) groups excluding carboxylic acids is 1. The summed E-state index contributed by atoms with van der Waals surface area (Å²) in [7, 11) is 0. The Morgan fingerprint density at radius 1 is 1.33 bits per heavy atom. The van der Waals surface area contributed by atoms with Gasteiger partial charge >= 0.3 is 0 Å². The maximum Gasteiger partial charge on any atom is 0.123 e. The summed E-state index contributed by atoms with van der Waals surface area (Å²) in [5.41, 5.74) is 0. The van der Waals surface area contributed by atoms with Crippen molar-refractivity contribution in [3.05, 3.63) is 0 Å². The second kappa shape index (κ2) is 5.31. The van der Waals surface area contributed by atoms with Gasteiger partial charge in [-0.3, -0.25) is 0 Å². The Morgan fingerprint density at radius 3 is 2.50 bits per heavy atom. The van der Waals surface area contributed by atoms with Gasteiger partial charge in [0.05, 0.1) is 0 Å². The predicted molar refractivity (Wildman–Crippen MR) is 48.0 cm³/mol. The number of ether oxygens (including phenoxy) is 1. The summed E-state index contributed by atoms with van der Waals surface area (Å²) in [6, 6.07) is 0. The van der Waals surface area contributed by atoms with E-state index in [1.807, 2.05) is 6.92 Å². The molecular weight excluding hydrogens is 152 g/mol. The van der Waals surface area contributed by atoms with Crippen LogP contribution in [0.2, 0.25) is 0 Å². The zero-order chi connectivity index (χ0) is 8.81. The van der Waals surface area contributed by atoms with Crippen molar-refractivity contribution in [2.24, 2.45) is 11.8 Å². The van der Waals surface area contributed by atoms with Crippen molar-refractivity contribution in [2.45, 2.75) is 32.6 Å². The molecule has 2 nitrogen and oxygen atoms in total. The lowest BCUT2D eigenvalue weighted by Crippen LogP contribution is -2.19. The molecule has 1 fully saturated rings. The molecule has 12 heavy (non-hydrogen) atoms. The van der Waals surface area contributed by atoms with E-state index in [4.69, 9.17) is 4.74 Å². The van der Waals surface area contributed by atoms with Crippen LogP contribution in [0.5, 0.6) is 0 Å². The topological polar surface area (TPSA) is 26.3 Å². The van der Waals surface area contributed by atoms with E-state index < -0.39 is 0 Å². The highest BCUT2D eigenvalue weighted by molar-refractivity contribution is 5.53. The molecule has 1 aliphatic rings. The fourth-order valence-corrected chi connectivity index (χ4v) is 1.78. The fraction of sp³-hybridized carbons (Fsp3) is 0.900. The molecule has 0 heterocycles. The van der Waals surface area contributed by atoms with Gasteiger partial charge in [0.25, 0.3) is 0 Å². The van der Waals surface area contributed by atoms with Gasteiger partial charge in [-0.1, -0.05) is 0 Å². The first-order valence-electron chi connectivity index (χ1n) is 4.89.